The van der Waals surface area contributed by atoms with E-state index in [0.29, 0.717) is 0 Å². The fourth-order valence-corrected chi connectivity index (χ4v) is 7.33. The second-order valence-corrected chi connectivity index (χ2v) is 12.2. The molecule has 0 unspecified atom stereocenters. The molecule has 0 radical (unpaired) electrons. The van der Waals surface area contributed by atoms with Gasteiger partial charge in [-0.2, -0.15) is 0 Å². The summed E-state index contributed by atoms with van der Waals surface area (Å²) in [7, 11) is 0. The normalized spacial score (nSPS) is 11.8. The number of rotatable bonds is 4. The van der Waals surface area contributed by atoms with Crippen molar-refractivity contribution in [1.29, 1.82) is 0 Å². The Morgan fingerprint density at radius 1 is 0.340 bits per heavy atom. The van der Waals surface area contributed by atoms with Gasteiger partial charge < -0.3 is 4.40 Å². The van der Waals surface area contributed by atoms with E-state index in [-0.39, 0.29) is 0 Å². The van der Waals surface area contributed by atoms with Gasteiger partial charge in [0.15, 0.2) is 5.82 Å². The quantitative estimate of drug-likeness (QED) is 0.202. The Hall–Kier alpha value is -6.32. The molecule has 0 aliphatic heterocycles. The number of aromatic nitrogens is 3. The highest BCUT2D eigenvalue weighted by Crippen LogP contribution is 2.42. The van der Waals surface area contributed by atoms with Crippen molar-refractivity contribution in [3.8, 4) is 44.9 Å². The number of hydrogen-bond acceptors (Lipinski definition) is 2. The zero-order chi connectivity index (χ0) is 30.9. The smallest absolute Gasteiger partial charge is 0.160 e. The summed E-state index contributed by atoms with van der Waals surface area (Å²) in [6.45, 7) is 0. The molecular formula is C44H27N3. The first kappa shape index (κ1) is 26.0. The third kappa shape index (κ3) is 4.00. The van der Waals surface area contributed by atoms with Gasteiger partial charge in [-0.25, -0.2) is 9.97 Å². The maximum Gasteiger partial charge on any atom is 0.160 e. The Balaban J connectivity index is 1.13. The SMILES string of the molecule is c1ccc(-c2ccc(-c3nc(-c4cccc(-c5cc6c7ccccc7n7c8ccccc8c(c5)c67)c4)nc4ccccc34)cc2)cc1. The summed E-state index contributed by atoms with van der Waals surface area (Å²) >= 11 is 0. The Morgan fingerprint density at radius 3 is 1.62 bits per heavy atom. The molecule has 0 saturated heterocycles. The zero-order valence-corrected chi connectivity index (χ0v) is 25.4. The van der Waals surface area contributed by atoms with Crippen molar-refractivity contribution in [3.05, 3.63) is 164 Å². The summed E-state index contributed by atoms with van der Waals surface area (Å²) in [5.74, 6) is 0.722. The molecule has 47 heavy (non-hydrogen) atoms. The lowest BCUT2D eigenvalue weighted by atomic mass is 9.97. The molecule has 0 aliphatic rings. The number of fused-ring (bicyclic) bond motifs is 7. The largest absolute Gasteiger partial charge is 0.308 e. The molecule has 0 atom stereocenters. The van der Waals surface area contributed by atoms with E-state index < -0.39 is 0 Å². The van der Waals surface area contributed by atoms with Crippen LogP contribution in [0, 0.1) is 0 Å². The summed E-state index contributed by atoms with van der Waals surface area (Å²) in [6.07, 6.45) is 0. The highest BCUT2D eigenvalue weighted by atomic mass is 14.9. The molecule has 3 heteroatoms. The van der Waals surface area contributed by atoms with E-state index in [1.807, 2.05) is 12.1 Å². The van der Waals surface area contributed by atoms with Crippen LogP contribution in [0.4, 0.5) is 0 Å². The average molecular weight is 598 g/mol. The van der Waals surface area contributed by atoms with Crippen LogP contribution in [0.2, 0.25) is 0 Å². The van der Waals surface area contributed by atoms with Gasteiger partial charge in [-0.1, -0.05) is 127 Å². The van der Waals surface area contributed by atoms with E-state index >= 15 is 0 Å². The van der Waals surface area contributed by atoms with Crippen LogP contribution >= 0.6 is 0 Å². The molecular weight excluding hydrogens is 571 g/mol. The molecule has 10 aromatic rings. The van der Waals surface area contributed by atoms with E-state index in [2.05, 4.69) is 156 Å². The lowest BCUT2D eigenvalue weighted by Crippen LogP contribution is -1.95. The first-order valence-electron chi connectivity index (χ1n) is 16.0. The maximum absolute atomic E-state index is 5.22. The molecule has 0 fully saturated rings. The summed E-state index contributed by atoms with van der Waals surface area (Å²) in [6, 6.07) is 58.3. The average Bonchev–Trinajstić information content (AvgIpc) is 3.67. The molecule has 0 N–H and O–H groups in total. The molecule has 0 bridgehead atoms. The summed E-state index contributed by atoms with van der Waals surface area (Å²) in [5.41, 5.74) is 12.4. The Morgan fingerprint density at radius 2 is 0.894 bits per heavy atom. The van der Waals surface area contributed by atoms with Gasteiger partial charge in [0, 0.05) is 38.1 Å². The molecule has 0 saturated carbocycles. The van der Waals surface area contributed by atoms with Crippen LogP contribution in [-0.2, 0) is 0 Å². The fourth-order valence-electron chi connectivity index (χ4n) is 7.33. The Bertz CT molecular complexity index is 2690. The molecule has 218 valence electrons. The Kier molecular flexibility index (Phi) is 5.57. The van der Waals surface area contributed by atoms with Crippen LogP contribution < -0.4 is 0 Å². The van der Waals surface area contributed by atoms with E-state index in [9.17, 15) is 0 Å². The summed E-state index contributed by atoms with van der Waals surface area (Å²) in [5, 5.41) is 6.15. The third-order valence-electron chi connectivity index (χ3n) is 9.53. The van der Waals surface area contributed by atoms with Crippen molar-refractivity contribution in [2.24, 2.45) is 0 Å². The van der Waals surface area contributed by atoms with Crippen molar-refractivity contribution in [3.63, 3.8) is 0 Å². The van der Waals surface area contributed by atoms with E-state index in [0.717, 1.165) is 39.1 Å². The summed E-state index contributed by atoms with van der Waals surface area (Å²) < 4.78 is 2.42. The van der Waals surface area contributed by atoms with Crippen LogP contribution in [0.5, 0.6) is 0 Å². The molecule has 0 amide bonds. The second-order valence-electron chi connectivity index (χ2n) is 12.2. The van der Waals surface area contributed by atoms with Crippen molar-refractivity contribution < 1.29 is 0 Å². The van der Waals surface area contributed by atoms with Crippen molar-refractivity contribution in [1.82, 2.24) is 14.4 Å². The molecule has 0 aliphatic carbocycles. The van der Waals surface area contributed by atoms with Gasteiger partial charge in [0.25, 0.3) is 0 Å². The van der Waals surface area contributed by atoms with Crippen molar-refractivity contribution in [2.45, 2.75) is 0 Å². The number of hydrogen-bond donors (Lipinski definition) is 0. The monoisotopic (exact) mass is 597 g/mol. The van der Waals surface area contributed by atoms with E-state index in [1.165, 1.54) is 54.8 Å². The topological polar surface area (TPSA) is 30.2 Å². The number of para-hydroxylation sites is 3. The second kappa shape index (κ2) is 10.1. The van der Waals surface area contributed by atoms with Crippen molar-refractivity contribution >= 4 is 49.0 Å². The predicted octanol–water partition coefficient (Wildman–Crippen LogP) is 11.4. The number of benzene rings is 7. The molecule has 7 aromatic carbocycles. The highest BCUT2D eigenvalue weighted by Gasteiger charge is 2.19. The minimum Gasteiger partial charge on any atom is -0.308 e. The minimum atomic E-state index is 0.722. The van der Waals surface area contributed by atoms with Crippen molar-refractivity contribution in [2.75, 3.05) is 0 Å². The minimum absolute atomic E-state index is 0.722. The lowest BCUT2D eigenvalue weighted by molar-refractivity contribution is 1.23. The summed E-state index contributed by atoms with van der Waals surface area (Å²) in [4.78, 5) is 10.3. The van der Waals surface area contributed by atoms with Crippen LogP contribution in [0.3, 0.4) is 0 Å². The van der Waals surface area contributed by atoms with Gasteiger partial charge in [0.2, 0.25) is 0 Å². The standard InChI is InChI=1S/C44H27N3/c1-2-11-28(12-3-1)29-21-23-30(24-22-29)42-36-17-4-7-18-39(36)45-44(46-42)32-14-10-13-31(25-32)33-26-37-34-15-5-8-19-40(34)47-41-20-9-6-16-35(41)38(27-33)43(37)47/h1-27H. The molecule has 10 rings (SSSR count). The number of nitrogens with zero attached hydrogens (tertiary/aromatic N) is 3. The zero-order valence-electron chi connectivity index (χ0n) is 25.4. The predicted molar refractivity (Wildman–Crippen MR) is 196 cm³/mol. The molecule has 0 spiro atoms. The van der Waals surface area contributed by atoms with Crippen LogP contribution in [0.15, 0.2) is 164 Å². The van der Waals surface area contributed by atoms with Gasteiger partial charge in [-0.3, -0.25) is 0 Å². The van der Waals surface area contributed by atoms with E-state index in [4.69, 9.17) is 9.97 Å². The fraction of sp³-hybridized carbons (Fsp3) is 0. The van der Waals surface area contributed by atoms with Gasteiger partial charge in [0.05, 0.1) is 27.8 Å². The van der Waals surface area contributed by atoms with Gasteiger partial charge >= 0.3 is 0 Å². The van der Waals surface area contributed by atoms with Gasteiger partial charge in [-0.05, 0) is 58.7 Å². The van der Waals surface area contributed by atoms with Crippen LogP contribution in [0.25, 0.3) is 93.9 Å². The first-order valence-corrected chi connectivity index (χ1v) is 16.0. The van der Waals surface area contributed by atoms with Crippen LogP contribution in [0.1, 0.15) is 0 Å². The third-order valence-corrected chi connectivity index (χ3v) is 9.53. The lowest BCUT2D eigenvalue weighted by Gasteiger charge is -2.11. The van der Waals surface area contributed by atoms with Crippen LogP contribution in [-0.4, -0.2) is 14.4 Å². The highest BCUT2D eigenvalue weighted by molar-refractivity contribution is 6.24. The molecule has 3 heterocycles. The Labute approximate surface area is 271 Å². The van der Waals surface area contributed by atoms with Gasteiger partial charge in [-0.15, -0.1) is 0 Å². The molecule has 3 nitrogen and oxygen atoms in total. The van der Waals surface area contributed by atoms with Gasteiger partial charge in [0.1, 0.15) is 0 Å². The maximum atomic E-state index is 5.22. The first-order chi connectivity index (χ1) is 23.3. The molecule has 3 aromatic heterocycles. The van der Waals surface area contributed by atoms with E-state index in [1.54, 1.807) is 0 Å².